The van der Waals surface area contributed by atoms with Gasteiger partial charge in [0.2, 0.25) is 0 Å². The molecule has 2 aromatic rings. The number of nitrogens with two attached hydrogens (primary N) is 1. The molecule has 2 heterocycles. The molecule has 1 aromatic heterocycles. The number of aliphatic imine (C=N–C) groups is 1. The van der Waals surface area contributed by atoms with Crippen LogP contribution in [0.3, 0.4) is 0 Å². The Bertz CT molecular complexity index is 1150. The quantitative estimate of drug-likeness (QED) is 0.205. The van der Waals surface area contributed by atoms with Crippen molar-refractivity contribution in [3.05, 3.63) is 79.4 Å². The normalized spacial score (nSPS) is 17.1. The molecule has 1 aromatic carbocycles. The molecule has 0 radical (unpaired) electrons. The Kier molecular flexibility index (Phi) is 11.9. The van der Waals surface area contributed by atoms with Crippen molar-refractivity contribution < 1.29 is 55.8 Å². The van der Waals surface area contributed by atoms with E-state index in [2.05, 4.69) is 60.7 Å². The number of allylic oxidation sites excluding steroid dienone is 3. The summed E-state index contributed by atoms with van der Waals surface area (Å²) in [6.07, 6.45) is 12.4. The summed E-state index contributed by atoms with van der Waals surface area (Å²) in [5, 5.41) is 3.67. The average Bonchev–Trinajstić information content (AvgIpc) is 2.74. The Morgan fingerprint density at radius 2 is 1.78 bits per heavy atom. The summed E-state index contributed by atoms with van der Waals surface area (Å²) in [4.78, 5) is 10.9. The van der Waals surface area contributed by atoms with E-state index in [1.807, 2.05) is 31.2 Å². The monoisotopic (exact) mass is 514 g/mol. The second kappa shape index (κ2) is 13.3. The fraction of sp³-hybridized carbons (Fsp3) is 0.345. The number of pyridine rings is 1. The number of rotatable bonds is 6. The summed E-state index contributed by atoms with van der Waals surface area (Å²) in [6, 6.07) is 5.19. The van der Waals surface area contributed by atoms with E-state index in [-0.39, 0.29) is 75.6 Å². The summed E-state index contributed by atoms with van der Waals surface area (Å²) in [7, 11) is 1.63. The molecule has 0 spiro atoms. The molecular weight excluding hydrogens is 476 g/mol. The summed E-state index contributed by atoms with van der Waals surface area (Å²) < 4.78 is 14.4. The van der Waals surface area contributed by atoms with Crippen molar-refractivity contribution in [2.75, 3.05) is 25.9 Å². The molecule has 0 aliphatic carbocycles. The van der Waals surface area contributed by atoms with Crippen LogP contribution in [0.15, 0.2) is 48.1 Å². The van der Waals surface area contributed by atoms with Gasteiger partial charge in [0.05, 0.1) is 11.4 Å². The molecule has 1 fully saturated rings. The van der Waals surface area contributed by atoms with Crippen LogP contribution in [0, 0.1) is 19.4 Å². The zero-order chi connectivity index (χ0) is 25.1. The molecule has 0 saturated carbocycles. The Balaban J connectivity index is 0.00000324. The fourth-order valence-electron chi connectivity index (χ4n) is 4.62. The number of nitrogens with zero attached hydrogens (tertiary/aromatic N) is 3. The fourth-order valence-corrected chi connectivity index (χ4v) is 4.62. The smallest absolute Gasteiger partial charge is 0.461 e. The maximum atomic E-state index is 14.4. The molecule has 3 rings (SSSR count). The van der Waals surface area contributed by atoms with Gasteiger partial charge in [-0.2, -0.15) is 6.20 Å². The van der Waals surface area contributed by atoms with E-state index in [0.717, 1.165) is 35.5 Å². The third kappa shape index (κ3) is 8.20. The van der Waals surface area contributed by atoms with Crippen molar-refractivity contribution in [3.8, 4) is 11.1 Å². The predicted octanol–water partition coefficient (Wildman–Crippen LogP) is 2.80. The number of piperazine rings is 1. The number of aromatic nitrogens is 1. The topological polar surface area (TPSA) is 66.5 Å². The van der Waals surface area contributed by atoms with E-state index >= 15 is 0 Å². The van der Waals surface area contributed by atoms with Crippen LogP contribution in [0.5, 0.6) is 0 Å². The molecule has 7 heteroatoms. The number of nitrogen functional groups attached to an aromatic ring is 1. The van der Waals surface area contributed by atoms with Gasteiger partial charge >= 0.3 is 51.4 Å². The van der Waals surface area contributed by atoms with Crippen LogP contribution in [-0.4, -0.2) is 47.3 Å². The van der Waals surface area contributed by atoms with Gasteiger partial charge in [-0.3, -0.25) is 9.98 Å². The second-order valence-electron chi connectivity index (χ2n) is 10.1. The number of hydrogen-bond acceptors (Lipinski definition) is 5. The molecule has 1 aliphatic rings. The van der Waals surface area contributed by atoms with E-state index in [4.69, 9.17) is 5.73 Å². The molecule has 1 saturated heterocycles. The maximum Gasteiger partial charge on any atom is 1.00 e. The molecule has 0 bridgehead atoms. The Hall–Kier alpha value is -1.61. The zero-order valence-corrected chi connectivity index (χ0v) is 26.2. The number of nitrogens with one attached hydrogen (secondary N) is 1. The Morgan fingerprint density at radius 1 is 1.17 bits per heavy atom. The molecule has 36 heavy (non-hydrogen) atoms. The molecular formula is C29H38FKN5-. The first kappa shape index (κ1) is 32.4. The van der Waals surface area contributed by atoms with Gasteiger partial charge in [-0.1, -0.05) is 19.6 Å². The molecule has 3 N–H and O–H groups in total. The molecule has 0 atom stereocenters. The summed E-state index contributed by atoms with van der Waals surface area (Å²) in [6.45, 7) is 16.5. The first-order valence-electron chi connectivity index (χ1n) is 11.4. The number of hydrogen-bond donors (Lipinski definition) is 2. The Morgan fingerprint density at radius 3 is 2.36 bits per heavy atom. The summed E-state index contributed by atoms with van der Waals surface area (Å²) in [5.74, 6) is -0.479. The van der Waals surface area contributed by atoms with Gasteiger partial charge in [-0.05, 0) is 57.0 Å². The maximum absolute atomic E-state index is 14.4. The van der Waals surface area contributed by atoms with Crippen LogP contribution in [0.2, 0.25) is 0 Å². The van der Waals surface area contributed by atoms with Crippen molar-refractivity contribution in [2.45, 2.75) is 45.7 Å². The van der Waals surface area contributed by atoms with E-state index < -0.39 is 5.82 Å². The molecule has 0 unspecified atom stereocenters. The van der Waals surface area contributed by atoms with Gasteiger partial charge in [0.15, 0.2) is 0 Å². The third-order valence-corrected chi connectivity index (χ3v) is 5.71. The van der Waals surface area contributed by atoms with Gasteiger partial charge in [0.25, 0.3) is 0 Å². The van der Waals surface area contributed by atoms with Crippen LogP contribution < -0.4 is 62.4 Å². The van der Waals surface area contributed by atoms with Gasteiger partial charge in [-0.25, -0.2) is 16.5 Å². The first-order chi connectivity index (χ1) is 15.9. The predicted molar refractivity (Wildman–Crippen MR) is 148 cm³/mol. The van der Waals surface area contributed by atoms with E-state index in [1.165, 1.54) is 6.07 Å². The van der Waals surface area contributed by atoms with Gasteiger partial charge in [-0.15, -0.1) is 5.57 Å². The molecule has 0 amide bonds. The van der Waals surface area contributed by atoms with Gasteiger partial charge in [0, 0.05) is 54.8 Å². The van der Waals surface area contributed by atoms with Gasteiger partial charge < -0.3 is 23.4 Å². The average molecular weight is 515 g/mol. The van der Waals surface area contributed by atoms with Crippen LogP contribution in [-0.2, 0) is 0 Å². The Labute approximate surface area is 259 Å². The minimum absolute atomic E-state index is 0. The zero-order valence-electron chi connectivity index (χ0n) is 23.0. The second-order valence-corrected chi connectivity index (χ2v) is 10.1. The minimum Gasteiger partial charge on any atom is -0.461 e. The van der Waals surface area contributed by atoms with E-state index in [9.17, 15) is 4.39 Å². The third-order valence-electron chi connectivity index (χ3n) is 5.71. The number of anilines is 1. The molecule has 5 nitrogen and oxygen atoms in total. The van der Waals surface area contributed by atoms with E-state index in [0.29, 0.717) is 11.1 Å². The molecule has 188 valence electrons. The van der Waals surface area contributed by atoms with Crippen molar-refractivity contribution in [1.82, 2.24) is 15.2 Å². The number of halogens is 1. The standard InChI is InChI=1S/C28H35FN5.CH3.K/c1-8-20-12-22(21-13-23(15-31-7)25(30)24(29)14-21)16-32-26(20)19(2)10-9-11-34-17-27(3,4)33-28(5,6)18-34;;/h8-10,12-16,33H,1,17-18,30H2,2-7H3;1H3;/q2*-1;+1/b19-10+,31-15?;;. The van der Waals surface area contributed by atoms with E-state index in [1.54, 1.807) is 25.5 Å². The largest absolute Gasteiger partial charge is 1.00 e. The van der Waals surface area contributed by atoms with Crippen LogP contribution in [0.1, 0.15) is 51.4 Å². The SMILES string of the molecule is C=Cc1cc(-c2cc(F)c(N)c(C=NC)c2)cnc1/C(C)=C/C=[C-]N1CC(C)(C)NC(C)(C)C1.[CH3-].[K+]. The van der Waals surface area contributed by atoms with Crippen LogP contribution in [0.25, 0.3) is 22.8 Å². The van der Waals surface area contributed by atoms with Crippen molar-refractivity contribution in [2.24, 2.45) is 4.99 Å². The number of benzene rings is 1. The minimum atomic E-state index is -0.479. The van der Waals surface area contributed by atoms with Crippen molar-refractivity contribution in [1.29, 1.82) is 0 Å². The van der Waals surface area contributed by atoms with Gasteiger partial charge in [0.1, 0.15) is 5.82 Å². The van der Waals surface area contributed by atoms with Crippen molar-refractivity contribution >= 4 is 23.6 Å². The molecule has 1 aliphatic heterocycles. The first-order valence-corrected chi connectivity index (χ1v) is 11.4. The summed E-state index contributed by atoms with van der Waals surface area (Å²) >= 11 is 0. The van der Waals surface area contributed by atoms with Crippen LogP contribution >= 0.6 is 0 Å². The van der Waals surface area contributed by atoms with Crippen LogP contribution in [0.4, 0.5) is 10.1 Å². The summed E-state index contributed by atoms with van der Waals surface area (Å²) in [5.41, 5.74) is 10.6. The van der Waals surface area contributed by atoms with Crippen molar-refractivity contribution in [3.63, 3.8) is 0 Å².